The fourth-order valence-electron chi connectivity index (χ4n) is 3.86. The summed E-state index contributed by atoms with van der Waals surface area (Å²) in [6.45, 7) is 4.72. The summed E-state index contributed by atoms with van der Waals surface area (Å²) in [5, 5.41) is 0. The van der Waals surface area contributed by atoms with Gasteiger partial charge < -0.3 is 4.74 Å². The summed E-state index contributed by atoms with van der Waals surface area (Å²) in [6, 6.07) is 18.3. The van der Waals surface area contributed by atoms with E-state index in [0.717, 1.165) is 16.7 Å². The van der Waals surface area contributed by atoms with Gasteiger partial charge in [-0.25, -0.2) is 16.8 Å². The maximum atomic E-state index is 13.0. The third kappa shape index (κ3) is 4.90. The molecule has 0 spiro atoms. The van der Waals surface area contributed by atoms with Gasteiger partial charge in [0.05, 0.1) is 16.4 Å². The second-order valence-electron chi connectivity index (χ2n) is 7.85. The Morgan fingerprint density at radius 1 is 0.909 bits per heavy atom. The standard InChI is InChI=1S/C24H26N2O5S2/c1-3-31-24-12-11-23(15-18(24)2)32(27,28)25-21-10-9-19-13-14-26(17-20(19)16-21)33(29,30)22-7-5-4-6-8-22/h4-12,15-16,25H,3,13-14,17H2,1-2H3. The highest BCUT2D eigenvalue weighted by Gasteiger charge is 2.28. The molecule has 4 rings (SSSR count). The van der Waals surface area contributed by atoms with E-state index in [1.54, 1.807) is 61.5 Å². The molecule has 1 heterocycles. The Morgan fingerprint density at radius 3 is 2.36 bits per heavy atom. The number of benzene rings is 3. The molecule has 0 saturated heterocycles. The SMILES string of the molecule is CCOc1ccc(S(=O)(=O)Nc2ccc3c(c2)CN(S(=O)(=O)c2ccccc2)CC3)cc1C. The number of rotatable bonds is 7. The molecule has 1 N–H and O–H groups in total. The third-order valence-corrected chi connectivity index (χ3v) is 8.81. The van der Waals surface area contributed by atoms with Gasteiger partial charge in [-0.15, -0.1) is 0 Å². The number of sulfonamides is 2. The largest absolute Gasteiger partial charge is 0.494 e. The van der Waals surface area contributed by atoms with E-state index in [2.05, 4.69) is 4.72 Å². The zero-order valence-corrected chi connectivity index (χ0v) is 20.1. The van der Waals surface area contributed by atoms with Crippen LogP contribution in [0.2, 0.25) is 0 Å². The Hall–Kier alpha value is -2.88. The molecule has 1 aliphatic rings. The molecule has 0 fully saturated rings. The van der Waals surface area contributed by atoms with Crippen molar-refractivity contribution in [3.05, 3.63) is 83.4 Å². The highest BCUT2D eigenvalue weighted by molar-refractivity contribution is 7.92. The molecule has 0 amide bonds. The molecule has 0 unspecified atom stereocenters. The van der Waals surface area contributed by atoms with Crippen LogP contribution >= 0.6 is 0 Å². The van der Waals surface area contributed by atoms with Gasteiger partial charge in [-0.05, 0) is 79.4 Å². The number of anilines is 1. The minimum atomic E-state index is -3.82. The first kappa shape index (κ1) is 23.3. The first-order chi connectivity index (χ1) is 15.7. The van der Waals surface area contributed by atoms with Crippen LogP contribution in [-0.4, -0.2) is 34.3 Å². The van der Waals surface area contributed by atoms with Crippen molar-refractivity contribution in [1.29, 1.82) is 0 Å². The van der Waals surface area contributed by atoms with Gasteiger partial charge in [0.1, 0.15) is 5.75 Å². The topological polar surface area (TPSA) is 92.8 Å². The highest BCUT2D eigenvalue weighted by atomic mass is 32.2. The van der Waals surface area contributed by atoms with E-state index in [9.17, 15) is 16.8 Å². The number of aryl methyl sites for hydroxylation is 1. The number of ether oxygens (including phenoxy) is 1. The summed E-state index contributed by atoms with van der Waals surface area (Å²) in [4.78, 5) is 0.380. The van der Waals surface area contributed by atoms with Crippen molar-refractivity contribution >= 4 is 25.7 Å². The molecule has 3 aromatic carbocycles. The smallest absolute Gasteiger partial charge is 0.261 e. The van der Waals surface area contributed by atoms with E-state index in [1.165, 1.54) is 10.4 Å². The lowest BCUT2D eigenvalue weighted by Gasteiger charge is -2.28. The normalized spacial score (nSPS) is 14.5. The lowest BCUT2D eigenvalue weighted by atomic mass is 10.0. The quantitative estimate of drug-likeness (QED) is 0.546. The fraction of sp³-hybridized carbons (Fsp3) is 0.250. The molecule has 0 bridgehead atoms. The lowest BCUT2D eigenvalue weighted by Crippen LogP contribution is -2.36. The minimum absolute atomic E-state index is 0.134. The van der Waals surface area contributed by atoms with Crippen molar-refractivity contribution < 1.29 is 21.6 Å². The lowest BCUT2D eigenvalue weighted by molar-refractivity contribution is 0.337. The van der Waals surface area contributed by atoms with Crippen molar-refractivity contribution in [2.75, 3.05) is 17.9 Å². The maximum absolute atomic E-state index is 13.0. The zero-order chi connectivity index (χ0) is 23.6. The van der Waals surface area contributed by atoms with E-state index < -0.39 is 20.0 Å². The first-order valence-electron chi connectivity index (χ1n) is 10.6. The van der Waals surface area contributed by atoms with Crippen molar-refractivity contribution in [2.24, 2.45) is 0 Å². The Balaban J connectivity index is 1.56. The van der Waals surface area contributed by atoms with E-state index >= 15 is 0 Å². The van der Waals surface area contributed by atoms with Crippen LogP contribution in [0.1, 0.15) is 23.6 Å². The summed E-state index contributed by atoms with van der Waals surface area (Å²) in [5.41, 5.74) is 2.91. The van der Waals surface area contributed by atoms with Crippen LogP contribution in [0.15, 0.2) is 76.5 Å². The van der Waals surface area contributed by atoms with E-state index in [1.807, 2.05) is 13.0 Å². The molecule has 0 atom stereocenters. The molecule has 174 valence electrons. The van der Waals surface area contributed by atoms with Gasteiger partial charge in [0.25, 0.3) is 10.0 Å². The van der Waals surface area contributed by atoms with Crippen LogP contribution in [-0.2, 0) is 33.0 Å². The number of hydrogen-bond donors (Lipinski definition) is 1. The van der Waals surface area contributed by atoms with Gasteiger partial charge in [-0.1, -0.05) is 24.3 Å². The van der Waals surface area contributed by atoms with Gasteiger partial charge in [-0.3, -0.25) is 4.72 Å². The molecule has 0 aromatic heterocycles. The summed E-state index contributed by atoms with van der Waals surface area (Å²) < 4.78 is 61.4. The molecule has 7 nitrogen and oxygen atoms in total. The first-order valence-corrected chi connectivity index (χ1v) is 13.6. The predicted octanol–water partition coefficient (Wildman–Crippen LogP) is 3.94. The van der Waals surface area contributed by atoms with Crippen LogP contribution < -0.4 is 9.46 Å². The molecular formula is C24H26N2O5S2. The van der Waals surface area contributed by atoms with Crippen LogP contribution in [0.5, 0.6) is 5.75 Å². The summed E-state index contributed by atoms with van der Waals surface area (Å²) in [7, 11) is -7.44. The Bertz CT molecular complexity index is 1370. The van der Waals surface area contributed by atoms with Gasteiger partial charge in [-0.2, -0.15) is 4.31 Å². The molecular weight excluding hydrogens is 460 g/mol. The van der Waals surface area contributed by atoms with Crippen molar-refractivity contribution in [2.45, 2.75) is 36.6 Å². The summed E-state index contributed by atoms with van der Waals surface area (Å²) in [6.07, 6.45) is 0.562. The highest BCUT2D eigenvalue weighted by Crippen LogP contribution is 2.29. The van der Waals surface area contributed by atoms with Crippen LogP contribution in [0.4, 0.5) is 5.69 Å². The summed E-state index contributed by atoms with van der Waals surface area (Å²) in [5.74, 6) is 0.643. The second kappa shape index (κ2) is 9.17. The van der Waals surface area contributed by atoms with Gasteiger partial charge >= 0.3 is 0 Å². The number of hydrogen-bond acceptors (Lipinski definition) is 5. The number of nitrogens with zero attached hydrogens (tertiary/aromatic N) is 1. The molecule has 33 heavy (non-hydrogen) atoms. The van der Waals surface area contributed by atoms with Crippen molar-refractivity contribution in [1.82, 2.24) is 4.31 Å². The Labute approximate surface area is 195 Å². The molecule has 0 aliphatic carbocycles. The average molecular weight is 487 g/mol. The van der Waals surface area contributed by atoms with E-state index in [0.29, 0.717) is 31.0 Å². The van der Waals surface area contributed by atoms with Crippen LogP contribution in [0, 0.1) is 6.92 Å². The Morgan fingerprint density at radius 2 is 1.67 bits per heavy atom. The second-order valence-corrected chi connectivity index (χ2v) is 11.5. The number of nitrogens with one attached hydrogen (secondary N) is 1. The molecule has 3 aromatic rings. The monoisotopic (exact) mass is 486 g/mol. The summed E-state index contributed by atoms with van der Waals surface area (Å²) >= 11 is 0. The van der Waals surface area contributed by atoms with Gasteiger partial charge in [0.2, 0.25) is 10.0 Å². The third-order valence-electron chi connectivity index (χ3n) is 5.57. The molecule has 0 saturated carbocycles. The number of fused-ring (bicyclic) bond motifs is 1. The van der Waals surface area contributed by atoms with Crippen molar-refractivity contribution in [3.8, 4) is 5.75 Å². The Kier molecular flexibility index (Phi) is 6.47. The predicted molar refractivity (Wildman–Crippen MR) is 127 cm³/mol. The molecule has 0 radical (unpaired) electrons. The van der Waals surface area contributed by atoms with Gasteiger partial charge in [0, 0.05) is 18.8 Å². The van der Waals surface area contributed by atoms with Crippen molar-refractivity contribution in [3.63, 3.8) is 0 Å². The minimum Gasteiger partial charge on any atom is -0.494 e. The van der Waals surface area contributed by atoms with Crippen LogP contribution in [0.3, 0.4) is 0 Å². The fourth-order valence-corrected chi connectivity index (χ4v) is 6.44. The molecule has 1 aliphatic heterocycles. The maximum Gasteiger partial charge on any atom is 0.261 e. The van der Waals surface area contributed by atoms with E-state index in [4.69, 9.17) is 4.74 Å². The van der Waals surface area contributed by atoms with Crippen LogP contribution in [0.25, 0.3) is 0 Å². The zero-order valence-electron chi connectivity index (χ0n) is 18.5. The molecule has 9 heteroatoms. The van der Waals surface area contributed by atoms with Gasteiger partial charge in [0.15, 0.2) is 0 Å². The average Bonchev–Trinajstić information content (AvgIpc) is 2.80. The van der Waals surface area contributed by atoms with E-state index in [-0.39, 0.29) is 16.3 Å².